The number of aromatic nitrogens is 3. The number of fused-ring (bicyclic) bond motifs is 5. The molecule has 2 N–H and O–H groups in total. The van der Waals surface area contributed by atoms with Gasteiger partial charge in [-0.25, -0.2) is 9.37 Å². The number of piperidine rings is 1. The maximum atomic E-state index is 15.9. The van der Waals surface area contributed by atoms with Crippen molar-refractivity contribution >= 4 is 33.4 Å². The summed E-state index contributed by atoms with van der Waals surface area (Å²) >= 11 is 6.17. The minimum absolute atomic E-state index is 0.00685. The van der Waals surface area contributed by atoms with Crippen LogP contribution in [0.25, 0.3) is 33.1 Å². The van der Waals surface area contributed by atoms with Gasteiger partial charge in [-0.15, -0.1) is 0 Å². The Labute approximate surface area is 206 Å². The second-order valence-electron chi connectivity index (χ2n) is 9.56. The molecule has 2 aliphatic rings. The van der Waals surface area contributed by atoms with Gasteiger partial charge in [-0.1, -0.05) is 11.6 Å². The number of phenolic OH excluding ortho intramolecular Hbond substituents is 1. The van der Waals surface area contributed by atoms with Gasteiger partial charge in [-0.2, -0.15) is 5.10 Å². The van der Waals surface area contributed by atoms with Crippen LogP contribution in [0, 0.1) is 12.7 Å². The van der Waals surface area contributed by atoms with Crippen molar-refractivity contribution in [3.63, 3.8) is 0 Å². The number of aromatic amines is 1. The lowest BCUT2D eigenvalue weighted by Gasteiger charge is -2.36. The minimum atomic E-state index is -0.471. The zero-order chi connectivity index (χ0) is 24.4. The molecule has 182 valence electrons. The number of halogens is 2. The minimum Gasteiger partial charge on any atom is -0.506 e. The van der Waals surface area contributed by atoms with Crippen molar-refractivity contribution in [2.75, 3.05) is 14.2 Å². The number of hydrogen-bond donors (Lipinski definition) is 2. The van der Waals surface area contributed by atoms with Crippen LogP contribution in [0.2, 0.25) is 5.02 Å². The fraction of sp³-hybridized carbons (Fsp3) is 0.385. The molecule has 2 unspecified atom stereocenters. The Hall–Kier alpha value is -3.10. The Kier molecular flexibility index (Phi) is 5.27. The third kappa shape index (κ3) is 3.50. The normalized spacial score (nSPS) is 22.3. The van der Waals surface area contributed by atoms with Crippen molar-refractivity contribution in [2.24, 2.45) is 0 Å². The summed E-state index contributed by atoms with van der Waals surface area (Å²) in [6.45, 7) is 1.84. The maximum absolute atomic E-state index is 15.9. The van der Waals surface area contributed by atoms with Crippen LogP contribution in [0.3, 0.4) is 0 Å². The van der Waals surface area contributed by atoms with Crippen LogP contribution >= 0.6 is 11.6 Å². The number of methoxy groups -OCH3 is 1. The van der Waals surface area contributed by atoms with E-state index in [1.807, 2.05) is 6.92 Å². The second-order valence-corrected chi connectivity index (χ2v) is 9.97. The molecule has 2 atom stereocenters. The van der Waals surface area contributed by atoms with E-state index in [9.17, 15) is 5.11 Å². The molecule has 0 aliphatic carbocycles. The number of aryl methyl sites for hydroxylation is 1. The Morgan fingerprint density at radius 1 is 1.14 bits per heavy atom. The number of phenols is 1. The number of aromatic hydroxyl groups is 1. The number of ether oxygens (including phenoxy) is 2. The van der Waals surface area contributed by atoms with E-state index in [1.54, 1.807) is 19.2 Å². The Morgan fingerprint density at radius 3 is 2.57 bits per heavy atom. The topological polar surface area (TPSA) is 83.5 Å². The first-order valence-electron chi connectivity index (χ1n) is 11.8. The average molecular weight is 497 g/mol. The van der Waals surface area contributed by atoms with Crippen LogP contribution < -0.4 is 9.47 Å². The van der Waals surface area contributed by atoms with Gasteiger partial charge in [0.15, 0.2) is 17.1 Å². The van der Waals surface area contributed by atoms with Gasteiger partial charge in [-0.05, 0) is 57.9 Å². The monoisotopic (exact) mass is 496 g/mol. The van der Waals surface area contributed by atoms with E-state index < -0.39 is 5.82 Å². The Balaban J connectivity index is 1.56. The number of nitrogens with one attached hydrogen (secondary N) is 1. The summed E-state index contributed by atoms with van der Waals surface area (Å²) in [6.07, 6.45) is 4.15. The number of benzene rings is 2. The second kappa shape index (κ2) is 8.24. The van der Waals surface area contributed by atoms with E-state index in [4.69, 9.17) is 21.1 Å². The van der Waals surface area contributed by atoms with Crippen molar-refractivity contribution in [3.05, 3.63) is 40.8 Å². The smallest absolute Gasteiger partial charge is 0.169 e. The Morgan fingerprint density at radius 2 is 1.89 bits per heavy atom. The largest absolute Gasteiger partial charge is 0.506 e. The number of pyridine rings is 1. The number of hydrogen-bond acceptors (Lipinski definition) is 6. The van der Waals surface area contributed by atoms with Gasteiger partial charge in [0.05, 0.1) is 28.9 Å². The lowest BCUT2D eigenvalue weighted by molar-refractivity contribution is 0.0643. The van der Waals surface area contributed by atoms with E-state index >= 15 is 4.39 Å². The number of H-pyrrole nitrogens is 1. The molecule has 4 heterocycles. The molecule has 9 heteroatoms. The maximum Gasteiger partial charge on any atom is 0.169 e. The van der Waals surface area contributed by atoms with E-state index in [1.165, 1.54) is 25.0 Å². The molecule has 2 aromatic heterocycles. The zero-order valence-electron chi connectivity index (χ0n) is 19.7. The molecular formula is C26H26ClFN4O3. The molecule has 2 aromatic carbocycles. The van der Waals surface area contributed by atoms with Crippen LogP contribution in [-0.4, -0.2) is 57.5 Å². The standard InChI is InChI=1S/C26H26ClFN4O3/c1-12-21-23-22(24(29-26(21)31-30-12)13-4-7-19(33)17(27)8-13)18(28)11-20(25(23)34-3)35-16-9-14-5-6-15(10-16)32(14)2/h4,7-8,11,14-16,33H,5-6,9-10H2,1-3H3,(H,29,30,31). The highest BCUT2D eigenvalue weighted by atomic mass is 35.5. The van der Waals surface area contributed by atoms with Crippen molar-refractivity contribution in [1.82, 2.24) is 20.1 Å². The fourth-order valence-electron chi connectivity index (χ4n) is 5.84. The highest BCUT2D eigenvalue weighted by molar-refractivity contribution is 6.32. The molecule has 6 rings (SSSR count). The van der Waals surface area contributed by atoms with Gasteiger partial charge in [0.25, 0.3) is 0 Å². The molecule has 2 saturated heterocycles. The summed E-state index contributed by atoms with van der Waals surface area (Å²) in [7, 11) is 3.74. The van der Waals surface area contributed by atoms with Gasteiger partial charge in [0.1, 0.15) is 17.7 Å². The summed E-state index contributed by atoms with van der Waals surface area (Å²) in [6, 6.07) is 7.08. The fourth-order valence-corrected chi connectivity index (χ4v) is 6.02. The summed E-state index contributed by atoms with van der Waals surface area (Å²) in [4.78, 5) is 7.12. The first kappa shape index (κ1) is 22.4. The number of nitrogens with zero attached hydrogens (tertiary/aromatic N) is 3. The highest BCUT2D eigenvalue weighted by Crippen LogP contribution is 2.46. The van der Waals surface area contributed by atoms with Gasteiger partial charge >= 0.3 is 0 Å². The molecule has 2 aliphatic heterocycles. The summed E-state index contributed by atoms with van der Waals surface area (Å²) in [5.74, 6) is 0.310. The molecule has 0 spiro atoms. The molecule has 2 fully saturated rings. The lowest BCUT2D eigenvalue weighted by Crippen LogP contribution is -2.43. The van der Waals surface area contributed by atoms with Crippen molar-refractivity contribution < 1.29 is 19.0 Å². The summed E-state index contributed by atoms with van der Waals surface area (Å²) < 4.78 is 28.3. The average Bonchev–Trinajstić information content (AvgIpc) is 3.28. The quantitative estimate of drug-likeness (QED) is 0.383. The predicted molar refractivity (Wildman–Crippen MR) is 133 cm³/mol. The molecule has 0 saturated carbocycles. The predicted octanol–water partition coefficient (Wildman–Crippen LogP) is 5.60. The third-order valence-electron chi connectivity index (χ3n) is 7.61. The lowest BCUT2D eigenvalue weighted by atomic mass is 9.98. The first-order chi connectivity index (χ1) is 16.9. The van der Waals surface area contributed by atoms with E-state index in [0.29, 0.717) is 57.0 Å². The molecule has 35 heavy (non-hydrogen) atoms. The zero-order valence-corrected chi connectivity index (χ0v) is 20.5. The van der Waals surface area contributed by atoms with Gasteiger partial charge in [0.2, 0.25) is 0 Å². The highest BCUT2D eigenvalue weighted by Gasteiger charge is 2.40. The van der Waals surface area contributed by atoms with Crippen LogP contribution in [-0.2, 0) is 0 Å². The molecule has 0 amide bonds. The first-order valence-corrected chi connectivity index (χ1v) is 12.2. The van der Waals surface area contributed by atoms with Crippen molar-refractivity contribution in [1.29, 1.82) is 0 Å². The van der Waals surface area contributed by atoms with Gasteiger partial charge in [0, 0.05) is 34.5 Å². The van der Waals surface area contributed by atoms with E-state index in [2.05, 4.69) is 27.1 Å². The molecule has 7 nitrogen and oxygen atoms in total. The van der Waals surface area contributed by atoms with E-state index in [-0.39, 0.29) is 22.3 Å². The van der Waals surface area contributed by atoms with E-state index in [0.717, 1.165) is 12.8 Å². The summed E-state index contributed by atoms with van der Waals surface area (Å²) in [5.41, 5.74) is 2.12. The van der Waals surface area contributed by atoms with Gasteiger partial charge < -0.3 is 19.5 Å². The Bertz CT molecular complexity index is 1460. The molecular weight excluding hydrogens is 471 g/mol. The molecule has 2 bridgehead atoms. The molecule has 4 aromatic rings. The SMILES string of the molecule is COc1c(OC2CC3CCC(C2)N3C)cc(F)c2c(-c3ccc(O)c(Cl)c3)nc3[nH]nc(C)c3c12. The number of rotatable bonds is 4. The van der Waals surface area contributed by atoms with Gasteiger partial charge in [-0.3, -0.25) is 5.10 Å². The van der Waals surface area contributed by atoms with Crippen LogP contribution in [0.15, 0.2) is 24.3 Å². The van der Waals surface area contributed by atoms with Crippen molar-refractivity contribution in [2.45, 2.75) is 50.8 Å². The van der Waals surface area contributed by atoms with Crippen LogP contribution in [0.4, 0.5) is 4.39 Å². The van der Waals surface area contributed by atoms with Crippen molar-refractivity contribution in [3.8, 4) is 28.5 Å². The van der Waals surface area contributed by atoms with Crippen LogP contribution in [0.1, 0.15) is 31.4 Å². The third-order valence-corrected chi connectivity index (χ3v) is 7.91. The van der Waals surface area contributed by atoms with Crippen LogP contribution in [0.5, 0.6) is 17.2 Å². The molecule has 0 radical (unpaired) electrons. The summed E-state index contributed by atoms with van der Waals surface area (Å²) in [5, 5.41) is 18.8.